The van der Waals surface area contributed by atoms with Gasteiger partial charge in [-0.3, -0.25) is 15.0 Å². The van der Waals surface area contributed by atoms with Crippen LogP contribution in [0.2, 0.25) is 0 Å². The molecule has 0 atom stereocenters. The Morgan fingerprint density at radius 2 is 1.95 bits per heavy atom. The van der Waals surface area contributed by atoms with E-state index in [1.807, 2.05) is 5.43 Å². The molecule has 0 aromatic heterocycles. The van der Waals surface area contributed by atoms with Crippen LogP contribution in [-0.2, 0) is 4.79 Å². The van der Waals surface area contributed by atoms with Crippen molar-refractivity contribution in [1.82, 2.24) is 10.3 Å². The lowest BCUT2D eigenvalue weighted by atomic mass is 10.2. The number of carbonyl (C=O) groups is 2. The van der Waals surface area contributed by atoms with Crippen LogP contribution in [0.5, 0.6) is 5.75 Å². The smallest absolute Gasteiger partial charge is 0.265 e. The van der Waals surface area contributed by atoms with Crippen molar-refractivity contribution in [3.05, 3.63) is 53.5 Å². The molecule has 1 aromatic rings. The molecule has 0 aliphatic heterocycles. The molecular formula is C15H18BrN3O3. The molecule has 2 amide bonds. The van der Waals surface area contributed by atoms with Crippen LogP contribution in [0, 0.1) is 0 Å². The fraction of sp³-hybridized carbons (Fsp3) is 0.200. The Morgan fingerprint density at radius 1 is 1.32 bits per heavy atom. The second-order valence-electron chi connectivity index (χ2n) is 4.28. The number of hydrogen-bond donors (Lipinski definition) is 2. The number of nitrogens with one attached hydrogen (secondary N) is 1. The normalized spacial score (nSPS) is 9.73. The van der Waals surface area contributed by atoms with Crippen molar-refractivity contribution in [3.63, 3.8) is 0 Å². The van der Waals surface area contributed by atoms with Crippen molar-refractivity contribution in [3.8, 4) is 5.75 Å². The molecule has 0 saturated carbocycles. The number of carbonyl (C=O) groups excluding carboxylic acids is 2. The molecule has 1 aromatic carbocycles. The van der Waals surface area contributed by atoms with Crippen molar-refractivity contribution >= 4 is 27.7 Å². The topological polar surface area (TPSA) is 84.7 Å². The Hall–Kier alpha value is -2.12. The van der Waals surface area contributed by atoms with Crippen LogP contribution in [0.1, 0.15) is 10.4 Å². The number of benzene rings is 1. The van der Waals surface area contributed by atoms with Gasteiger partial charge in [0.25, 0.3) is 11.8 Å². The average Bonchev–Trinajstić information content (AvgIpc) is 2.52. The van der Waals surface area contributed by atoms with Crippen LogP contribution in [0.4, 0.5) is 0 Å². The Kier molecular flexibility index (Phi) is 7.34. The highest BCUT2D eigenvalue weighted by molar-refractivity contribution is 9.10. The second kappa shape index (κ2) is 9.01. The Morgan fingerprint density at radius 3 is 2.45 bits per heavy atom. The van der Waals surface area contributed by atoms with Crippen molar-refractivity contribution < 1.29 is 14.3 Å². The van der Waals surface area contributed by atoms with Crippen LogP contribution in [-0.4, -0.2) is 36.4 Å². The van der Waals surface area contributed by atoms with Crippen molar-refractivity contribution in [1.29, 1.82) is 0 Å². The van der Waals surface area contributed by atoms with Gasteiger partial charge in [0, 0.05) is 18.7 Å². The van der Waals surface area contributed by atoms with E-state index >= 15 is 0 Å². The molecule has 3 N–H and O–H groups in total. The lowest BCUT2D eigenvalue weighted by molar-refractivity contribution is -0.132. The minimum absolute atomic E-state index is 0.122. The van der Waals surface area contributed by atoms with Crippen LogP contribution >= 0.6 is 15.9 Å². The zero-order chi connectivity index (χ0) is 16.5. The summed E-state index contributed by atoms with van der Waals surface area (Å²) < 4.78 is 6.03. The minimum atomic E-state index is -0.411. The summed E-state index contributed by atoms with van der Waals surface area (Å²) in [6, 6.07) is 4.71. The van der Waals surface area contributed by atoms with E-state index in [-0.39, 0.29) is 12.5 Å². The van der Waals surface area contributed by atoms with E-state index in [2.05, 4.69) is 29.1 Å². The number of rotatable bonds is 8. The number of nitrogens with zero attached hydrogens (tertiary/aromatic N) is 1. The summed E-state index contributed by atoms with van der Waals surface area (Å²) in [6.07, 6.45) is 3.27. The molecule has 0 saturated heterocycles. The first-order chi connectivity index (χ1) is 10.5. The van der Waals surface area contributed by atoms with Crippen LogP contribution < -0.4 is 16.0 Å². The number of ether oxygens (including phenoxy) is 1. The van der Waals surface area contributed by atoms with Gasteiger partial charge < -0.3 is 9.64 Å². The zero-order valence-electron chi connectivity index (χ0n) is 12.0. The number of hydrazine groups is 1. The predicted octanol–water partition coefficient (Wildman–Crippen LogP) is 1.63. The summed E-state index contributed by atoms with van der Waals surface area (Å²) in [5, 5.41) is 0. The van der Waals surface area contributed by atoms with Crippen LogP contribution in [0.25, 0.3) is 0 Å². The molecule has 0 unspecified atom stereocenters. The summed E-state index contributed by atoms with van der Waals surface area (Å²) in [7, 11) is 0. The van der Waals surface area contributed by atoms with Gasteiger partial charge in [0.15, 0.2) is 6.61 Å². The Balaban J connectivity index is 2.71. The van der Waals surface area contributed by atoms with Crippen molar-refractivity contribution in [2.75, 3.05) is 19.7 Å². The molecule has 0 aliphatic rings. The molecule has 6 nitrogen and oxygen atoms in total. The van der Waals surface area contributed by atoms with E-state index in [9.17, 15) is 9.59 Å². The Labute approximate surface area is 137 Å². The van der Waals surface area contributed by atoms with Crippen LogP contribution in [0.15, 0.2) is 48.0 Å². The summed E-state index contributed by atoms with van der Waals surface area (Å²) in [4.78, 5) is 25.0. The maximum Gasteiger partial charge on any atom is 0.265 e. The largest absolute Gasteiger partial charge is 0.483 e. The van der Waals surface area contributed by atoms with Gasteiger partial charge >= 0.3 is 0 Å². The molecule has 0 aliphatic carbocycles. The number of halogens is 1. The molecule has 0 spiro atoms. The SMILES string of the molecule is C=CCN(CC=C)C(=O)COc1ccc(C(=O)NN)cc1Br. The Bertz CT molecular complexity index is 565. The van der Waals surface area contributed by atoms with E-state index in [1.54, 1.807) is 35.3 Å². The van der Waals surface area contributed by atoms with E-state index in [0.29, 0.717) is 28.9 Å². The number of nitrogen functional groups attached to an aromatic ring is 1. The minimum Gasteiger partial charge on any atom is -0.483 e. The number of hydrogen-bond acceptors (Lipinski definition) is 4. The van der Waals surface area contributed by atoms with Gasteiger partial charge in [-0.2, -0.15) is 0 Å². The fourth-order valence-electron chi connectivity index (χ4n) is 1.66. The first kappa shape index (κ1) is 17.9. The first-order valence-corrected chi connectivity index (χ1v) is 7.25. The van der Waals surface area contributed by atoms with Gasteiger partial charge in [0.1, 0.15) is 5.75 Å². The molecule has 0 fully saturated rings. The van der Waals surface area contributed by atoms with Crippen molar-refractivity contribution in [2.24, 2.45) is 5.84 Å². The molecule has 7 heteroatoms. The number of amides is 2. The maximum atomic E-state index is 12.0. The van der Waals surface area contributed by atoms with Crippen molar-refractivity contribution in [2.45, 2.75) is 0 Å². The standard InChI is InChI=1S/C15H18BrN3O3/c1-3-7-19(8-4-2)14(20)10-22-13-6-5-11(9-12(13)16)15(21)18-17/h3-6,9H,1-2,7-8,10,17H2,(H,18,21). The zero-order valence-corrected chi connectivity index (χ0v) is 13.6. The molecule has 1 rings (SSSR count). The van der Waals surface area contributed by atoms with Crippen LogP contribution in [0.3, 0.4) is 0 Å². The predicted molar refractivity (Wildman–Crippen MR) is 88.3 cm³/mol. The van der Waals surface area contributed by atoms with Gasteiger partial charge in [-0.15, -0.1) is 13.2 Å². The molecule has 118 valence electrons. The van der Waals surface area contributed by atoms with Gasteiger partial charge in [-0.25, -0.2) is 5.84 Å². The second-order valence-corrected chi connectivity index (χ2v) is 5.14. The van der Waals surface area contributed by atoms with E-state index in [0.717, 1.165) is 0 Å². The van der Waals surface area contributed by atoms with E-state index in [1.165, 1.54) is 0 Å². The third-order valence-electron chi connectivity index (χ3n) is 2.73. The summed E-state index contributed by atoms with van der Waals surface area (Å²) in [6.45, 7) is 7.94. The summed E-state index contributed by atoms with van der Waals surface area (Å²) in [5.74, 6) is 4.93. The lowest BCUT2D eigenvalue weighted by Crippen LogP contribution is -2.35. The van der Waals surface area contributed by atoms with E-state index in [4.69, 9.17) is 10.6 Å². The monoisotopic (exact) mass is 367 g/mol. The fourth-order valence-corrected chi connectivity index (χ4v) is 2.16. The first-order valence-electron chi connectivity index (χ1n) is 6.46. The summed E-state index contributed by atoms with van der Waals surface area (Å²) in [5.41, 5.74) is 2.42. The highest BCUT2D eigenvalue weighted by Gasteiger charge is 2.13. The highest BCUT2D eigenvalue weighted by atomic mass is 79.9. The van der Waals surface area contributed by atoms with Gasteiger partial charge in [-0.05, 0) is 34.1 Å². The quantitative estimate of drug-likeness (QED) is 0.316. The van der Waals surface area contributed by atoms with E-state index < -0.39 is 5.91 Å². The average molecular weight is 368 g/mol. The molecule has 0 radical (unpaired) electrons. The molecule has 0 bridgehead atoms. The van der Waals surface area contributed by atoms with Gasteiger partial charge in [-0.1, -0.05) is 12.2 Å². The molecule has 0 heterocycles. The van der Waals surface area contributed by atoms with Gasteiger partial charge in [0.2, 0.25) is 0 Å². The third kappa shape index (κ3) is 5.01. The third-order valence-corrected chi connectivity index (χ3v) is 3.35. The maximum absolute atomic E-state index is 12.0. The number of nitrogens with two attached hydrogens (primary N) is 1. The molecular weight excluding hydrogens is 350 g/mol. The van der Waals surface area contributed by atoms with Gasteiger partial charge in [0.05, 0.1) is 4.47 Å². The summed E-state index contributed by atoms with van der Waals surface area (Å²) >= 11 is 3.29. The molecule has 22 heavy (non-hydrogen) atoms. The highest BCUT2D eigenvalue weighted by Crippen LogP contribution is 2.26. The lowest BCUT2D eigenvalue weighted by Gasteiger charge is -2.19.